The molecular formula is C33H26F3N6O3+. The number of methoxy groups -OCH3 is 1. The van der Waals surface area contributed by atoms with Gasteiger partial charge in [0.1, 0.15) is 6.04 Å². The van der Waals surface area contributed by atoms with Gasteiger partial charge in [0.15, 0.2) is 12.7 Å². The third kappa shape index (κ3) is 5.22. The highest BCUT2D eigenvalue weighted by atomic mass is 19.4. The number of benzene rings is 3. The first-order valence-corrected chi connectivity index (χ1v) is 14.0. The maximum absolute atomic E-state index is 13.7. The van der Waals surface area contributed by atoms with Crippen molar-refractivity contribution in [3.05, 3.63) is 129 Å². The van der Waals surface area contributed by atoms with Crippen LogP contribution in [0.3, 0.4) is 0 Å². The minimum atomic E-state index is -4.62. The molecule has 0 fully saturated rings. The molecule has 0 unspecified atom stereocenters. The van der Waals surface area contributed by atoms with Crippen molar-refractivity contribution in [2.75, 3.05) is 12.0 Å². The van der Waals surface area contributed by atoms with E-state index in [1.165, 1.54) is 28.7 Å². The summed E-state index contributed by atoms with van der Waals surface area (Å²) in [4.78, 5) is 28.2. The van der Waals surface area contributed by atoms with Crippen molar-refractivity contribution >= 4 is 28.5 Å². The minimum absolute atomic E-state index is 0.00628. The average molecular weight is 612 g/mol. The lowest BCUT2D eigenvalue weighted by atomic mass is 9.89. The van der Waals surface area contributed by atoms with E-state index in [9.17, 15) is 28.0 Å². The van der Waals surface area contributed by atoms with Gasteiger partial charge in [-0.05, 0) is 60.5 Å². The van der Waals surface area contributed by atoms with E-state index in [1.54, 1.807) is 25.1 Å². The molecule has 1 aliphatic rings. The third-order valence-electron chi connectivity index (χ3n) is 7.96. The number of rotatable bonds is 6. The fourth-order valence-electron chi connectivity index (χ4n) is 5.89. The van der Waals surface area contributed by atoms with E-state index in [0.717, 1.165) is 23.0 Å². The number of nitrogens with one attached hydrogen (secondary N) is 1. The van der Waals surface area contributed by atoms with Crippen molar-refractivity contribution in [1.82, 2.24) is 14.8 Å². The van der Waals surface area contributed by atoms with Gasteiger partial charge in [-0.2, -0.15) is 23.0 Å². The molecule has 0 aliphatic carbocycles. The van der Waals surface area contributed by atoms with E-state index in [-0.39, 0.29) is 22.9 Å². The monoisotopic (exact) mass is 611 g/mol. The van der Waals surface area contributed by atoms with Gasteiger partial charge in [-0.3, -0.25) is 4.90 Å². The molecule has 45 heavy (non-hydrogen) atoms. The van der Waals surface area contributed by atoms with Gasteiger partial charge in [0.25, 0.3) is 0 Å². The van der Waals surface area contributed by atoms with Crippen LogP contribution in [0.15, 0.2) is 101 Å². The van der Waals surface area contributed by atoms with Crippen LogP contribution in [0.25, 0.3) is 10.9 Å². The summed E-state index contributed by atoms with van der Waals surface area (Å²) in [6.45, 7) is 2.08. The zero-order chi connectivity index (χ0) is 31.9. The number of carbonyl (C=O) groups is 1. The molecule has 6 rings (SSSR count). The number of para-hydroxylation sites is 1. The molecule has 0 bridgehead atoms. The molecule has 1 atom stereocenters. The summed E-state index contributed by atoms with van der Waals surface area (Å²) in [7, 11) is 1.19. The molecule has 1 N–H and O–H groups in total. The Balaban J connectivity index is 1.52. The van der Waals surface area contributed by atoms with Crippen LogP contribution >= 0.6 is 0 Å². The Kier molecular flexibility index (Phi) is 7.46. The molecule has 0 saturated heterocycles. The highest BCUT2D eigenvalue weighted by Crippen LogP contribution is 2.43. The number of ether oxygens (including phenoxy) is 1. The summed E-state index contributed by atoms with van der Waals surface area (Å²) in [6, 6.07) is 22.5. The Morgan fingerprint density at radius 1 is 1.09 bits per heavy atom. The average Bonchev–Trinajstić information content (AvgIpc) is 3.42. The second-order valence-corrected chi connectivity index (χ2v) is 10.5. The van der Waals surface area contributed by atoms with Gasteiger partial charge in [0, 0.05) is 35.3 Å². The first-order chi connectivity index (χ1) is 21.6. The zero-order valence-electron chi connectivity index (χ0n) is 24.2. The number of hydrogen-bond donors (Lipinski definition) is 1. The number of alkyl halides is 3. The number of aryl methyl sites for hydroxylation is 2. The fourth-order valence-corrected chi connectivity index (χ4v) is 5.89. The number of fused-ring (bicyclic) bond motifs is 2. The molecule has 3 heterocycles. The third-order valence-corrected chi connectivity index (χ3v) is 7.96. The summed E-state index contributed by atoms with van der Waals surface area (Å²) in [5, 5.41) is 17.3. The van der Waals surface area contributed by atoms with Crippen molar-refractivity contribution < 1.29 is 27.3 Å². The van der Waals surface area contributed by atoms with E-state index < -0.39 is 29.4 Å². The van der Waals surface area contributed by atoms with E-state index >= 15 is 0 Å². The normalized spacial score (nSPS) is 14.8. The summed E-state index contributed by atoms with van der Waals surface area (Å²) in [5.74, 6) is -0.778. The fraction of sp³-hybridized carbons (Fsp3) is 0.182. The number of aromatic amines is 1. The molecule has 2 aromatic heterocycles. The van der Waals surface area contributed by atoms with Crippen LogP contribution < -0.4 is 15.2 Å². The predicted molar refractivity (Wildman–Crippen MR) is 158 cm³/mol. The van der Waals surface area contributed by atoms with E-state index in [4.69, 9.17) is 4.74 Å². The molecule has 5 aromatic rings. The first kappa shape index (κ1) is 29.4. The molecule has 9 nitrogen and oxygen atoms in total. The van der Waals surface area contributed by atoms with Gasteiger partial charge in [0.2, 0.25) is 11.5 Å². The number of anilines is 2. The topological polar surface area (TPSA) is 108 Å². The molecule has 226 valence electrons. The lowest BCUT2D eigenvalue weighted by Crippen LogP contribution is -2.38. The van der Waals surface area contributed by atoms with E-state index in [2.05, 4.69) is 20.8 Å². The maximum atomic E-state index is 13.7. The Morgan fingerprint density at radius 3 is 2.62 bits per heavy atom. The number of esters is 1. The lowest BCUT2D eigenvalue weighted by molar-refractivity contribution is -0.670. The summed E-state index contributed by atoms with van der Waals surface area (Å²) in [5.41, 5.74) is 1.37. The maximum Gasteiger partial charge on any atom is 0.416 e. The minimum Gasteiger partial charge on any atom is -0.466 e. The quantitative estimate of drug-likeness (QED) is 0.205. The highest BCUT2D eigenvalue weighted by molar-refractivity contribution is 5.93. The van der Waals surface area contributed by atoms with E-state index in [1.807, 2.05) is 42.6 Å². The molecule has 1 aliphatic heterocycles. The summed E-state index contributed by atoms with van der Waals surface area (Å²) < 4.78 is 49.4. The molecule has 0 saturated carbocycles. The highest BCUT2D eigenvalue weighted by Gasteiger charge is 2.41. The van der Waals surface area contributed by atoms with E-state index in [0.29, 0.717) is 29.7 Å². The van der Waals surface area contributed by atoms with Crippen LogP contribution in [0.2, 0.25) is 0 Å². The Morgan fingerprint density at radius 2 is 1.87 bits per heavy atom. The Bertz CT molecular complexity index is 2080. The van der Waals surface area contributed by atoms with Gasteiger partial charge in [-0.15, -0.1) is 5.10 Å². The second kappa shape index (κ2) is 11.4. The smallest absolute Gasteiger partial charge is 0.416 e. The number of carbonyl (C=O) groups excluding carboxylic acids is 1. The van der Waals surface area contributed by atoms with Crippen LogP contribution in [0.5, 0.6) is 0 Å². The number of allylic oxidation sites excluding steroid dienone is 1. The van der Waals surface area contributed by atoms with Gasteiger partial charge in [-0.25, -0.2) is 19.3 Å². The SMILES string of the molecule is COC(=O)C1=C(C)N(c2cccc(C(F)(F)F)c2)c2n[nH]c(=O)n2[C@@H]1c1ccc(C#N)cc1CC[n+]1cccc2ccccc21. The standard InChI is InChI=1S/C33H25F3N6O3/c1-20-28(30(43)45-2)29(42-31(38-39-32(42)44)41(20)25-10-5-9-24(18-25)33(34,35)36)26-13-12-21(19-37)17-23(26)14-16-40-15-6-8-22-7-3-4-11-27(22)40/h3-13,15,17-18,29H,14,16H2,1-2H3/p+1/t29-/m1/s1. The summed E-state index contributed by atoms with van der Waals surface area (Å²) in [6.07, 6.45) is -2.25. The van der Waals surface area contributed by atoms with Crippen molar-refractivity contribution in [3.63, 3.8) is 0 Å². The van der Waals surface area contributed by atoms with Crippen molar-refractivity contribution in [2.24, 2.45) is 0 Å². The van der Waals surface area contributed by atoms with Crippen LogP contribution in [0.4, 0.5) is 24.8 Å². The first-order valence-electron chi connectivity index (χ1n) is 14.0. The van der Waals surface area contributed by atoms with Crippen LogP contribution in [-0.4, -0.2) is 27.8 Å². The Hall–Kier alpha value is -5.70. The number of nitrogens with zero attached hydrogens (tertiary/aromatic N) is 5. The molecular weight excluding hydrogens is 585 g/mol. The number of halogens is 3. The number of H-pyrrole nitrogens is 1. The number of nitriles is 1. The van der Waals surface area contributed by atoms with Gasteiger partial charge in [-0.1, -0.05) is 24.3 Å². The lowest BCUT2D eigenvalue weighted by Gasteiger charge is -2.36. The summed E-state index contributed by atoms with van der Waals surface area (Å²) >= 11 is 0. The van der Waals surface area contributed by atoms with Crippen molar-refractivity contribution in [2.45, 2.75) is 32.1 Å². The molecule has 0 spiro atoms. The zero-order valence-corrected chi connectivity index (χ0v) is 24.2. The number of aromatic nitrogens is 4. The van der Waals surface area contributed by atoms with Crippen LogP contribution in [0, 0.1) is 11.3 Å². The number of hydrogen-bond acceptors (Lipinski definition) is 6. The van der Waals surface area contributed by atoms with Crippen LogP contribution in [-0.2, 0) is 28.7 Å². The van der Waals surface area contributed by atoms with Gasteiger partial charge in [0.05, 0.1) is 29.9 Å². The molecule has 3 aromatic carbocycles. The predicted octanol–water partition coefficient (Wildman–Crippen LogP) is 5.33. The van der Waals surface area contributed by atoms with Crippen molar-refractivity contribution in [1.29, 1.82) is 5.26 Å². The molecule has 12 heteroatoms. The van der Waals surface area contributed by atoms with Crippen LogP contribution in [0.1, 0.15) is 35.2 Å². The number of pyridine rings is 1. The van der Waals surface area contributed by atoms with Gasteiger partial charge >= 0.3 is 17.8 Å². The Labute approximate surface area is 255 Å². The largest absolute Gasteiger partial charge is 0.466 e. The second-order valence-electron chi connectivity index (χ2n) is 10.5. The molecule has 0 amide bonds. The van der Waals surface area contributed by atoms with Crippen molar-refractivity contribution in [3.8, 4) is 6.07 Å². The molecule has 0 radical (unpaired) electrons. The van der Waals surface area contributed by atoms with Gasteiger partial charge < -0.3 is 4.74 Å².